The molecule has 0 aromatic carbocycles. The van der Waals surface area contributed by atoms with Crippen molar-refractivity contribution in [1.82, 2.24) is 9.97 Å². The van der Waals surface area contributed by atoms with Crippen LogP contribution in [0.5, 0.6) is 0 Å². The van der Waals surface area contributed by atoms with E-state index in [1.807, 2.05) is 13.0 Å². The Morgan fingerprint density at radius 1 is 1.44 bits per heavy atom. The minimum atomic E-state index is -0.837. The van der Waals surface area contributed by atoms with E-state index >= 15 is 0 Å². The van der Waals surface area contributed by atoms with Gasteiger partial charge in [0.05, 0.1) is 11.7 Å². The molecule has 0 saturated heterocycles. The molecule has 0 amide bonds. The van der Waals surface area contributed by atoms with Gasteiger partial charge in [-0.1, -0.05) is 13.3 Å². The highest BCUT2D eigenvalue weighted by Crippen LogP contribution is 2.21. The molecule has 0 aliphatic carbocycles. The summed E-state index contributed by atoms with van der Waals surface area (Å²) in [7, 11) is 0. The van der Waals surface area contributed by atoms with E-state index in [1.165, 1.54) is 0 Å². The number of nitrogens with one attached hydrogen (secondary N) is 1. The van der Waals surface area contributed by atoms with Gasteiger partial charge in [0.25, 0.3) is 0 Å². The summed E-state index contributed by atoms with van der Waals surface area (Å²) < 4.78 is 0. The fraction of sp³-hybridized carbons (Fsp3) is 0.308. The molecule has 94 valence electrons. The zero-order valence-corrected chi connectivity index (χ0v) is 10.1. The first kappa shape index (κ1) is 12.3. The van der Waals surface area contributed by atoms with Crippen LogP contribution in [0.3, 0.4) is 0 Å². The summed E-state index contributed by atoms with van der Waals surface area (Å²) in [4.78, 5) is 19.3. The molecule has 2 rings (SSSR count). The van der Waals surface area contributed by atoms with Gasteiger partial charge in [-0.15, -0.1) is 0 Å². The lowest BCUT2D eigenvalue weighted by Crippen LogP contribution is -2.29. The fourth-order valence-corrected chi connectivity index (χ4v) is 1.86. The second-order valence-electron chi connectivity index (χ2n) is 4.08. The smallest absolute Gasteiger partial charge is 0.326 e. The summed E-state index contributed by atoms with van der Waals surface area (Å²) in [6.07, 6.45) is 6.39. The van der Waals surface area contributed by atoms with E-state index in [4.69, 9.17) is 5.11 Å². The number of fused-ring (bicyclic) bond motifs is 1. The first-order chi connectivity index (χ1) is 8.72. The zero-order chi connectivity index (χ0) is 13.0. The van der Waals surface area contributed by atoms with Crippen LogP contribution < -0.4 is 5.32 Å². The van der Waals surface area contributed by atoms with Crippen LogP contribution in [0.15, 0.2) is 30.7 Å². The maximum atomic E-state index is 11.1. The molecule has 0 spiro atoms. The SMILES string of the molecule is CCCC(Nc1ccnc2cnccc12)C(=O)O. The first-order valence-corrected chi connectivity index (χ1v) is 5.90. The molecule has 2 aromatic heterocycles. The van der Waals surface area contributed by atoms with Crippen LogP contribution >= 0.6 is 0 Å². The molecule has 0 aliphatic rings. The largest absolute Gasteiger partial charge is 0.480 e. The van der Waals surface area contributed by atoms with Gasteiger partial charge in [-0.2, -0.15) is 0 Å². The molecule has 5 heteroatoms. The van der Waals surface area contributed by atoms with E-state index in [0.717, 1.165) is 23.0 Å². The average Bonchev–Trinajstić information content (AvgIpc) is 2.38. The summed E-state index contributed by atoms with van der Waals surface area (Å²) in [5.41, 5.74) is 1.53. The maximum Gasteiger partial charge on any atom is 0.326 e. The highest BCUT2D eigenvalue weighted by molar-refractivity contribution is 5.92. The third kappa shape index (κ3) is 2.56. The summed E-state index contributed by atoms with van der Waals surface area (Å²) in [5, 5.41) is 13.1. The quantitative estimate of drug-likeness (QED) is 0.845. The zero-order valence-electron chi connectivity index (χ0n) is 10.1. The lowest BCUT2D eigenvalue weighted by Gasteiger charge is -2.16. The highest BCUT2D eigenvalue weighted by Gasteiger charge is 2.16. The lowest BCUT2D eigenvalue weighted by molar-refractivity contribution is -0.138. The van der Waals surface area contributed by atoms with Crippen molar-refractivity contribution in [1.29, 1.82) is 0 Å². The summed E-state index contributed by atoms with van der Waals surface area (Å²) in [5.74, 6) is -0.837. The molecular formula is C13H15N3O2. The maximum absolute atomic E-state index is 11.1. The molecule has 2 aromatic rings. The van der Waals surface area contributed by atoms with Gasteiger partial charge in [-0.05, 0) is 18.6 Å². The molecule has 0 radical (unpaired) electrons. The number of carboxylic acid groups (broad SMARTS) is 1. The van der Waals surface area contributed by atoms with Crippen LogP contribution in [0.25, 0.3) is 10.9 Å². The molecule has 1 unspecified atom stereocenters. The van der Waals surface area contributed by atoms with Crippen molar-refractivity contribution in [2.45, 2.75) is 25.8 Å². The summed E-state index contributed by atoms with van der Waals surface area (Å²) >= 11 is 0. The molecule has 2 N–H and O–H groups in total. The molecular weight excluding hydrogens is 230 g/mol. The van der Waals surface area contributed by atoms with Crippen molar-refractivity contribution in [3.05, 3.63) is 30.7 Å². The van der Waals surface area contributed by atoms with E-state index in [0.29, 0.717) is 6.42 Å². The normalized spacial score (nSPS) is 12.3. The van der Waals surface area contributed by atoms with Crippen LogP contribution in [0, 0.1) is 0 Å². The number of aromatic nitrogens is 2. The van der Waals surface area contributed by atoms with Gasteiger partial charge in [0, 0.05) is 23.5 Å². The Morgan fingerprint density at radius 3 is 3.00 bits per heavy atom. The topological polar surface area (TPSA) is 75.1 Å². The molecule has 5 nitrogen and oxygen atoms in total. The number of nitrogens with zero attached hydrogens (tertiary/aromatic N) is 2. The Bertz CT molecular complexity index is 551. The molecule has 0 fully saturated rings. The second kappa shape index (κ2) is 5.44. The molecule has 18 heavy (non-hydrogen) atoms. The minimum absolute atomic E-state index is 0.575. The van der Waals surface area contributed by atoms with Crippen LogP contribution in [0.2, 0.25) is 0 Å². The van der Waals surface area contributed by atoms with Crippen molar-refractivity contribution < 1.29 is 9.90 Å². The van der Waals surface area contributed by atoms with Crippen molar-refractivity contribution >= 4 is 22.6 Å². The van der Waals surface area contributed by atoms with Gasteiger partial charge in [-0.25, -0.2) is 4.79 Å². The average molecular weight is 245 g/mol. The third-order valence-electron chi connectivity index (χ3n) is 2.75. The minimum Gasteiger partial charge on any atom is -0.480 e. The van der Waals surface area contributed by atoms with Gasteiger partial charge in [0.2, 0.25) is 0 Å². The predicted molar refractivity (Wildman–Crippen MR) is 69.5 cm³/mol. The number of aliphatic carboxylic acids is 1. The van der Waals surface area contributed by atoms with Crippen LogP contribution in [0.1, 0.15) is 19.8 Å². The molecule has 0 bridgehead atoms. The first-order valence-electron chi connectivity index (χ1n) is 5.90. The molecule has 0 aliphatic heterocycles. The summed E-state index contributed by atoms with van der Waals surface area (Å²) in [6, 6.07) is 3.04. The van der Waals surface area contributed by atoms with Crippen molar-refractivity contribution in [3.8, 4) is 0 Å². The fourth-order valence-electron chi connectivity index (χ4n) is 1.86. The van der Waals surface area contributed by atoms with Crippen LogP contribution in [-0.2, 0) is 4.79 Å². The van der Waals surface area contributed by atoms with Crippen molar-refractivity contribution in [2.75, 3.05) is 5.32 Å². The number of carbonyl (C=O) groups is 1. The monoisotopic (exact) mass is 245 g/mol. The van der Waals surface area contributed by atoms with Gasteiger partial charge in [0.15, 0.2) is 0 Å². The third-order valence-corrected chi connectivity index (χ3v) is 2.75. The van der Waals surface area contributed by atoms with E-state index in [-0.39, 0.29) is 0 Å². The second-order valence-corrected chi connectivity index (χ2v) is 4.08. The Balaban J connectivity index is 2.33. The number of pyridine rings is 2. The summed E-state index contributed by atoms with van der Waals surface area (Å²) in [6.45, 7) is 1.96. The molecule has 1 atom stereocenters. The number of hydrogen-bond donors (Lipinski definition) is 2. The number of anilines is 1. The van der Waals surface area contributed by atoms with Crippen LogP contribution in [0.4, 0.5) is 5.69 Å². The molecule has 2 heterocycles. The van der Waals surface area contributed by atoms with Crippen molar-refractivity contribution in [3.63, 3.8) is 0 Å². The van der Waals surface area contributed by atoms with E-state index in [9.17, 15) is 4.79 Å². The Labute approximate surface area is 105 Å². The van der Waals surface area contributed by atoms with E-state index < -0.39 is 12.0 Å². The van der Waals surface area contributed by atoms with Gasteiger partial charge < -0.3 is 10.4 Å². The number of hydrogen-bond acceptors (Lipinski definition) is 4. The number of rotatable bonds is 5. The highest BCUT2D eigenvalue weighted by atomic mass is 16.4. The predicted octanol–water partition coefficient (Wildman–Crippen LogP) is 2.29. The van der Waals surface area contributed by atoms with Gasteiger partial charge >= 0.3 is 5.97 Å². The Morgan fingerprint density at radius 2 is 2.28 bits per heavy atom. The van der Waals surface area contributed by atoms with E-state index in [2.05, 4.69) is 15.3 Å². The van der Waals surface area contributed by atoms with Crippen LogP contribution in [-0.4, -0.2) is 27.1 Å². The van der Waals surface area contributed by atoms with Crippen molar-refractivity contribution in [2.24, 2.45) is 0 Å². The molecule has 0 saturated carbocycles. The number of carboxylic acids is 1. The Hall–Kier alpha value is -2.17. The lowest BCUT2D eigenvalue weighted by atomic mass is 10.1. The van der Waals surface area contributed by atoms with E-state index in [1.54, 1.807) is 24.7 Å². The van der Waals surface area contributed by atoms with Gasteiger partial charge in [-0.3, -0.25) is 9.97 Å². The standard InChI is InChI=1S/C13H15N3O2/c1-2-3-11(13(17)18)16-10-5-7-15-12-8-14-6-4-9(10)12/h4-8,11H,2-3H2,1H3,(H,15,16)(H,17,18). The van der Waals surface area contributed by atoms with Gasteiger partial charge in [0.1, 0.15) is 6.04 Å². The Kier molecular flexibility index (Phi) is 3.72.